The minimum Gasteiger partial charge on any atom is -0.477 e. The quantitative estimate of drug-likeness (QED) is 0.840. The topological polar surface area (TPSA) is 54.9 Å². The van der Waals surface area contributed by atoms with Crippen LogP contribution >= 0.6 is 0 Å². The number of rotatable bonds is 4. The maximum atomic E-state index is 13.0. The number of nitrogens with zero attached hydrogens (tertiary/aromatic N) is 3. The van der Waals surface area contributed by atoms with Gasteiger partial charge in [-0.05, 0) is 38.3 Å². The summed E-state index contributed by atoms with van der Waals surface area (Å²) in [6, 6.07) is 2.48. The summed E-state index contributed by atoms with van der Waals surface area (Å²) in [6.07, 6.45) is 3.90. The van der Waals surface area contributed by atoms with Gasteiger partial charge in [-0.1, -0.05) is 0 Å². The number of piperazine rings is 1. The molecule has 24 heavy (non-hydrogen) atoms. The molecule has 6 heteroatoms. The Kier molecular flexibility index (Phi) is 5.68. The van der Waals surface area contributed by atoms with Crippen LogP contribution < -0.4 is 4.74 Å². The molecule has 0 aliphatic carbocycles. The van der Waals surface area contributed by atoms with Crippen molar-refractivity contribution in [1.29, 1.82) is 0 Å². The van der Waals surface area contributed by atoms with Gasteiger partial charge >= 0.3 is 0 Å². The van der Waals surface area contributed by atoms with Crippen molar-refractivity contribution in [2.24, 2.45) is 0 Å². The first-order chi connectivity index (χ1) is 11.7. The largest absolute Gasteiger partial charge is 0.477 e. The zero-order valence-electron chi connectivity index (χ0n) is 14.7. The molecule has 0 saturated carbocycles. The Labute approximate surface area is 143 Å². The van der Waals surface area contributed by atoms with Crippen LogP contribution in [0, 0.1) is 6.92 Å². The summed E-state index contributed by atoms with van der Waals surface area (Å²) in [5.41, 5.74) is 1.53. The van der Waals surface area contributed by atoms with Crippen LogP contribution in [0.2, 0.25) is 0 Å². The molecule has 0 spiro atoms. The minimum atomic E-state index is 0.0377. The van der Waals surface area contributed by atoms with Gasteiger partial charge in [-0.3, -0.25) is 9.69 Å². The minimum absolute atomic E-state index is 0.0377. The second kappa shape index (κ2) is 7.94. The zero-order chi connectivity index (χ0) is 16.9. The van der Waals surface area contributed by atoms with Crippen LogP contribution in [0.1, 0.15) is 35.7 Å². The number of amides is 1. The first-order valence-electron chi connectivity index (χ1n) is 8.90. The van der Waals surface area contributed by atoms with E-state index in [1.54, 1.807) is 6.20 Å². The van der Waals surface area contributed by atoms with E-state index in [1.807, 2.05) is 24.8 Å². The molecule has 6 nitrogen and oxygen atoms in total. The number of pyridine rings is 1. The Balaban J connectivity index is 1.65. The van der Waals surface area contributed by atoms with Crippen molar-refractivity contribution in [2.45, 2.75) is 32.7 Å². The predicted molar refractivity (Wildman–Crippen MR) is 91.5 cm³/mol. The maximum absolute atomic E-state index is 13.0. The third kappa shape index (κ3) is 3.70. The van der Waals surface area contributed by atoms with Gasteiger partial charge < -0.3 is 14.4 Å². The SMILES string of the molecule is CCOc1nccc(C)c1C(=O)N1CCN(C2CCOCC2)CC1. The number of aromatic nitrogens is 1. The molecule has 0 unspecified atom stereocenters. The number of hydrogen-bond acceptors (Lipinski definition) is 5. The number of aryl methyl sites for hydroxylation is 1. The number of carbonyl (C=O) groups is 1. The molecule has 0 bridgehead atoms. The molecule has 2 saturated heterocycles. The van der Waals surface area contributed by atoms with E-state index in [2.05, 4.69) is 9.88 Å². The Morgan fingerprint density at radius 2 is 2.00 bits per heavy atom. The lowest BCUT2D eigenvalue weighted by Gasteiger charge is -2.40. The highest BCUT2D eigenvalue weighted by Gasteiger charge is 2.29. The fourth-order valence-corrected chi connectivity index (χ4v) is 3.54. The van der Waals surface area contributed by atoms with E-state index >= 15 is 0 Å². The summed E-state index contributed by atoms with van der Waals surface area (Å²) in [7, 11) is 0. The van der Waals surface area contributed by atoms with Gasteiger partial charge in [0.15, 0.2) is 0 Å². The average molecular weight is 333 g/mol. The lowest BCUT2D eigenvalue weighted by atomic mass is 10.1. The monoisotopic (exact) mass is 333 g/mol. The smallest absolute Gasteiger partial charge is 0.259 e. The maximum Gasteiger partial charge on any atom is 0.259 e. The lowest BCUT2D eigenvalue weighted by Crippen LogP contribution is -2.53. The molecule has 1 amide bonds. The van der Waals surface area contributed by atoms with E-state index < -0.39 is 0 Å². The van der Waals surface area contributed by atoms with E-state index in [9.17, 15) is 4.79 Å². The first-order valence-corrected chi connectivity index (χ1v) is 8.90. The van der Waals surface area contributed by atoms with Gasteiger partial charge in [0.05, 0.1) is 6.61 Å². The summed E-state index contributed by atoms with van der Waals surface area (Å²) < 4.78 is 11.0. The van der Waals surface area contributed by atoms with Gasteiger partial charge in [-0.15, -0.1) is 0 Å². The highest BCUT2D eigenvalue weighted by atomic mass is 16.5. The summed E-state index contributed by atoms with van der Waals surface area (Å²) in [4.78, 5) is 21.6. The number of ether oxygens (including phenoxy) is 2. The Bertz CT molecular complexity index is 565. The molecule has 0 atom stereocenters. The van der Waals surface area contributed by atoms with E-state index in [0.717, 1.165) is 57.8 Å². The molecular formula is C18H27N3O3. The van der Waals surface area contributed by atoms with Crippen LogP contribution in [0.15, 0.2) is 12.3 Å². The van der Waals surface area contributed by atoms with Crippen LogP contribution in [0.4, 0.5) is 0 Å². The van der Waals surface area contributed by atoms with E-state index in [1.165, 1.54) is 0 Å². The van der Waals surface area contributed by atoms with Gasteiger partial charge in [-0.25, -0.2) is 4.98 Å². The second-order valence-electron chi connectivity index (χ2n) is 6.41. The predicted octanol–water partition coefficient (Wildman–Crippen LogP) is 1.73. The Morgan fingerprint density at radius 3 is 2.67 bits per heavy atom. The summed E-state index contributed by atoms with van der Waals surface area (Å²) in [5, 5.41) is 0. The van der Waals surface area contributed by atoms with Crippen molar-refractivity contribution in [1.82, 2.24) is 14.8 Å². The summed E-state index contributed by atoms with van der Waals surface area (Å²) in [5.74, 6) is 0.491. The van der Waals surface area contributed by atoms with Crippen LogP contribution in [-0.4, -0.2) is 72.7 Å². The first kappa shape index (κ1) is 17.2. The molecule has 2 fully saturated rings. The van der Waals surface area contributed by atoms with Crippen LogP contribution in [0.25, 0.3) is 0 Å². The average Bonchev–Trinajstić information content (AvgIpc) is 2.63. The third-order valence-electron chi connectivity index (χ3n) is 4.93. The van der Waals surface area contributed by atoms with Crippen molar-refractivity contribution in [3.8, 4) is 5.88 Å². The van der Waals surface area contributed by atoms with E-state index in [0.29, 0.717) is 24.1 Å². The molecule has 0 radical (unpaired) electrons. The Morgan fingerprint density at radius 1 is 1.29 bits per heavy atom. The van der Waals surface area contributed by atoms with Crippen molar-refractivity contribution in [3.63, 3.8) is 0 Å². The lowest BCUT2D eigenvalue weighted by molar-refractivity contribution is 0.0136. The van der Waals surface area contributed by atoms with Gasteiger partial charge in [0.25, 0.3) is 5.91 Å². The summed E-state index contributed by atoms with van der Waals surface area (Å²) in [6.45, 7) is 9.45. The van der Waals surface area contributed by atoms with Gasteiger partial charge in [-0.2, -0.15) is 0 Å². The van der Waals surface area contributed by atoms with Crippen LogP contribution in [0.3, 0.4) is 0 Å². The molecule has 2 aliphatic heterocycles. The fourth-order valence-electron chi connectivity index (χ4n) is 3.54. The molecule has 2 aliphatic rings. The fraction of sp³-hybridized carbons (Fsp3) is 0.667. The molecular weight excluding hydrogens is 306 g/mol. The highest BCUT2D eigenvalue weighted by Crippen LogP contribution is 2.23. The molecule has 132 valence electrons. The number of hydrogen-bond donors (Lipinski definition) is 0. The molecule has 3 rings (SSSR count). The normalized spacial score (nSPS) is 20.2. The van der Waals surface area contributed by atoms with Crippen molar-refractivity contribution in [2.75, 3.05) is 46.0 Å². The van der Waals surface area contributed by atoms with Gasteiger partial charge in [0, 0.05) is 51.6 Å². The van der Waals surface area contributed by atoms with Crippen molar-refractivity contribution < 1.29 is 14.3 Å². The summed E-state index contributed by atoms with van der Waals surface area (Å²) >= 11 is 0. The second-order valence-corrected chi connectivity index (χ2v) is 6.41. The van der Waals surface area contributed by atoms with Gasteiger partial charge in [0.1, 0.15) is 5.56 Å². The molecule has 3 heterocycles. The molecule has 1 aromatic heterocycles. The van der Waals surface area contributed by atoms with Crippen LogP contribution in [-0.2, 0) is 4.74 Å². The highest BCUT2D eigenvalue weighted by molar-refractivity contribution is 5.97. The van der Waals surface area contributed by atoms with Crippen molar-refractivity contribution in [3.05, 3.63) is 23.4 Å². The van der Waals surface area contributed by atoms with E-state index in [-0.39, 0.29) is 5.91 Å². The van der Waals surface area contributed by atoms with Crippen molar-refractivity contribution >= 4 is 5.91 Å². The number of carbonyl (C=O) groups excluding carboxylic acids is 1. The Hall–Kier alpha value is -1.66. The zero-order valence-corrected chi connectivity index (χ0v) is 14.7. The molecule has 0 aromatic carbocycles. The van der Waals surface area contributed by atoms with E-state index in [4.69, 9.17) is 9.47 Å². The third-order valence-corrected chi connectivity index (χ3v) is 4.93. The van der Waals surface area contributed by atoms with Gasteiger partial charge in [0.2, 0.25) is 5.88 Å². The molecule has 0 N–H and O–H groups in total. The standard InChI is InChI=1S/C18H27N3O3/c1-3-24-17-16(14(2)4-7-19-17)18(22)21-10-8-20(9-11-21)15-5-12-23-13-6-15/h4,7,15H,3,5-6,8-13H2,1-2H3. The molecule has 1 aromatic rings. The van der Waals surface area contributed by atoms with Crippen LogP contribution in [0.5, 0.6) is 5.88 Å².